The number of hydrogen-bond donors (Lipinski definition) is 2. The first-order valence-electron chi connectivity index (χ1n) is 10.7. The summed E-state index contributed by atoms with van der Waals surface area (Å²) < 4.78 is 64.6. The van der Waals surface area contributed by atoms with Crippen molar-refractivity contribution < 1.29 is 31.5 Å². The molecule has 3 aromatic carbocycles. The lowest BCUT2D eigenvalue weighted by Crippen LogP contribution is -2.23. The molecule has 0 bridgehead atoms. The summed E-state index contributed by atoms with van der Waals surface area (Å²) >= 11 is 24.8. The number of aldehydes is 1. The lowest BCUT2D eigenvalue weighted by Gasteiger charge is -2.15. The fourth-order valence-corrected chi connectivity index (χ4v) is 5.64. The number of alkyl halides is 5. The molecule has 0 radical (unpaired) electrons. The second-order valence-electron chi connectivity index (χ2n) is 8.58. The molecule has 2 N–H and O–H groups in total. The van der Waals surface area contributed by atoms with Gasteiger partial charge in [-0.15, -0.1) is 0 Å². The highest BCUT2D eigenvalue weighted by Gasteiger charge is 2.76. The summed E-state index contributed by atoms with van der Waals surface area (Å²) in [4.78, 5) is 24.8. The highest BCUT2D eigenvalue weighted by atomic mass is 35.5. The lowest BCUT2D eigenvalue weighted by atomic mass is 9.99. The van der Waals surface area contributed by atoms with Gasteiger partial charge in [-0.25, -0.2) is 8.78 Å². The Kier molecular flexibility index (Phi) is 7.62. The van der Waals surface area contributed by atoms with Crippen LogP contribution in [0.15, 0.2) is 54.6 Å². The van der Waals surface area contributed by atoms with Gasteiger partial charge in [0.1, 0.15) is 22.3 Å². The van der Waals surface area contributed by atoms with E-state index in [1.54, 1.807) is 0 Å². The SMILES string of the molecule is O=CC1(CNc2ccc(Cl)c(C(=O)Nc3ccc(F)cc3F)c2)C(c2ccc(C(F)(F)F)c(Cl)c2)C1(Cl)Cl. The maximum absolute atomic E-state index is 13.9. The largest absolute Gasteiger partial charge is 0.417 e. The molecule has 1 fully saturated rings. The summed E-state index contributed by atoms with van der Waals surface area (Å²) in [5.74, 6) is -3.48. The Labute approximate surface area is 233 Å². The smallest absolute Gasteiger partial charge is 0.384 e. The van der Waals surface area contributed by atoms with Crippen LogP contribution in [0.3, 0.4) is 0 Å². The number of rotatable bonds is 7. The summed E-state index contributed by atoms with van der Waals surface area (Å²) in [6.45, 7) is -0.165. The van der Waals surface area contributed by atoms with Gasteiger partial charge in [-0.2, -0.15) is 13.2 Å². The molecule has 0 saturated heterocycles. The third-order valence-corrected chi connectivity index (χ3v) is 8.01. The van der Waals surface area contributed by atoms with Gasteiger partial charge >= 0.3 is 6.18 Å². The molecule has 38 heavy (non-hydrogen) atoms. The van der Waals surface area contributed by atoms with Crippen molar-refractivity contribution in [2.45, 2.75) is 16.4 Å². The monoisotopic (exact) mass is 610 g/mol. The van der Waals surface area contributed by atoms with Crippen molar-refractivity contribution in [2.24, 2.45) is 5.41 Å². The number of benzene rings is 3. The standard InChI is InChI=1S/C25H15Cl4F5N2O2/c26-17-5-3-14(9-15(17)22(38)36-20-6-2-13(30)8-19(20)31)35-10-23(11-37)21(24(23,28)29)12-1-4-16(18(27)7-12)25(32,33)34/h1-9,11,21,35H,10H2,(H,36,38). The van der Waals surface area contributed by atoms with Crippen LogP contribution < -0.4 is 10.6 Å². The van der Waals surface area contributed by atoms with Crippen molar-refractivity contribution in [1.29, 1.82) is 0 Å². The number of nitrogens with one attached hydrogen (secondary N) is 2. The van der Waals surface area contributed by atoms with Crippen molar-refractivity contribution in [1.82, 2.24) is 0 Å². The molecule has 13 heteroatoms. The summed E-state index contributed by atoms with van der Waals surface area (Å²) in [5, 5.41) is 4.69. The second kappa shape index (κ2) is 10.2. The second-order valence-corrected chi connectivity index (χ2v) is 10.8. The number of carbonyl (C=O) groups is 2. The first kappa shape index (κ1) is 28.4. The molecule has 0 spiro atoms. The van der Waals surface area contributed by atoms with Crippen LogP contribution in [0.2, 0.25) is 10.0 Å². The minimum absolute atomic E-state index is 0.0217. The topological polar surface area (TPSA) is 58.2 Å². The van der Waals surface area contributed by atoms with Gasteiger partial charge in [0.05, 0.1) is 32.3 Å². The summed E-state index contributed by atoms with van der Waals surface area (Å²) in [6, 6.07) is 9.84. The van der Waals surface area contributed by atoms with Gasteiger partial charge in [-0.05, 0) is 48.0 Å². The average Bonchev–Trinajstić information content (AvgIpc) is 3.33. The zero-order valence-corrected chi connectivity index (χ0v) is 21.8. The maximum Gasteiger partial charge on any atom is 0.417 e. The number of hydrogen-bond acceptors (Lipinski definition) is 3. The molecule has 1 aliphatic rings. The van der Waals surface area contributed by atoms with Crippen LogP contribution in [-0.2, 0) is 11.0 Å². The van der Waals surface area contributed by atoms with Crippen molar-refractivity contribution in [3.63, 3.8) is 0 Å². The Morgan fingerprint density at radius 3 is 2.29 bits per heavy atom. The predicted molar refractivity (Wildman–Crippen MR) is 136 cm³/mol. The van der Waals surface area contributed by atoms with Gasteiger partial charge in [0.15, 0.2) is 0 Å². The molecule has 200 valence electrons. The molecule has 1 amide bonds. The van der Waals surface area contributed by atoms with E-state index in [1.807, 2.05) is 0 Å². The van der Waals surface area contributed by atoms with E-state index in [9.17, 15) is 31.5 Å². The Morgan fingerprint density at radius 1 is 0.974 bits per heavy atom. The Balaban J connectivity index is 1.54. The fourth-order valence-electron chi connectivity index (χ4n) is 4.17. The Hall–Kier alpha value is -2.59. The van der Waals surface area contributed by atoms with E-state index in [0.717, 1.165) is 30.3 Å². The minimum Gasteiger partial charge on any atom is -0.384 e. The molecule has 4 nitrogen and oxygen atoms in total. The molecular formula is C25H15Cl4F5N2O2. The Morgan fingerprint density at radius 2 is 1.68 bits per heavy atom. The third kappa shape index (κ3) is 5.17. The summed E-state index contributed by atoms with van der Waals surface area (Å²) in [7, 11) is 0. The van der Waals surface area contributed by atoms with Crippen LogP contribution in [0.25, 0.3) is 0 Å². The summed E-state index contributed by atoms with van der Waals surface area (Å²) in [6.07, 6.45) is -4.15. The molecule has 0 aliphatic heterocycles. The lowest BCUT2D eigenvalue weighted by molar-refractivity contribution is -0.137. The quantitative estimate of drug-likeness (QED) is 0.161. The van der Waals surface area contributed by atoms with Crippen molar-refractivity contribution >= 4 is 70.0 Å². The molecule has 2 unspecified atom stereocenters. The molecular weight excluding hydrogens is 597 g/mol. The highest BCUT2D eigenvalue weighted by Crippen LogP contribution is 2.73. The normalized spacial score (nSPS) is 20.1. The van der Waals surface area contributed by atoms with Crippen LogP contribution in [0.5, 0.6) is 0 Å². The maximum atomic E-state index is 13.9. The zero-order valence-electron chi connectivity index (χ0n) is 18.8. The Bertz CT molecular complexity index is 1430. The van der Waals surface area contributed by atoms with Gasteiger partial charge in [0.25, 0.3) is 5.91 Å². The van der Waals surface area contributed by atoms with E-state index in [-0.39, 0.29) is 28.4 Å². The van der Waals surface area contributed by atoms with Crippen LogP contribution >= 0.6 is 46.4 Å². The van der Waals surface area contributed by atoms with Gasteiger partial charge in [-0.1, -0.05) is 52.5 Å². The molecule has 4 rings (SSSR count). The first-order valence-corrected chi connectivity index (χ1v) is 12.2. The van der Waals surface area contributed by atoms with E-state index >= 15 is 0 Å². The van der Waals surface area contributed by atoms with Crippen LogP contribution in [0, 0.1) is 17.0 Å². The number of anilines is 2. The number of halogens is 9. The molecule has 3 aromatic rings. The fraction of sp³-hybridized carbons (Fsp3) is 0.200. The van der Waals surface area contributed by atoms with E-state index in [1.165, 1.54) is 18.2 Å². The highest BCUT2D eigenvalue weighted by molar-refractivity contribution is 6.54. The molecule has 0 aromatic heterocycles. The third-order valence-electron chi connectivity index (χ3n) is 6.23. The first-order chi connectivity index (χ1) is 17.7. The van der Waals surface area contributed by atoms with Crippen molar-refractivity contribution in [3.05, 3.63) is 93.0 Å². The molecule has 1 aliphatic carbocycles. The van der Waals surface area contributed by atoms with Crippen molar-refractivity contribution in [2.75, 3.05) is 17.2 Å². The predicted octanol–water partition coefficient (Wildman–Crippen LogP) is 8.11. The van der Waals surface area contributed by atoms with Gasteiger partial charge in [-0.3, -0.25) is 4.79 Å². The van der Waals surface area contributed by atoms with E-state index in [4.69, 9.17) is 46.4 Å². The average molecular weight is 612 g/mol. The van der Waals surface area contributed by atoms with Gasteiger partial charge in [0.2, 0.25) is 0 Å². The van der Waals surface area contributed by atoms with Crippen LogP contribution in [-0.4, -0.2) is 23.1 Å². The number of carbonyl (C=O) groups excluding carboxylic acids is 2. The number of amides is 1. The van der Waals surface area contributed by atoms with Gasteiger partial charge in [0, 0.05) is 24.2 Å². The van der Waals surface area contributed by atoms with E-state index in [2.05, 4.69) is 10.6 Å². The molecule has 2 atom stereocenters. The van der Waals surface area contributed by atoms with E-state index < -0.39 is 50.0 Å². The van der Waals surface area contributed by atoms with Gasteiger partial charge < -0.3 is 15.4 Å². The van der Waals surface area contributed by atoms with Crippen LogP contribution in [0.1, 0.15) is 27.4 Å². The molecule has 1 saturated carbocycles. The van der Waals surface area contributed by atoms with Crippen molar-refractivity contribution in [3.8, 4) is 0 Å². The summed E-state index contributed by atoms with van der Waals surface area (Å²) in [5.41, 5.74) is -2.28. The minimum atomic E-state index is -4.66. The molecule has 0 heterocycles. The van der Waals surface area contributed by atoms with Crippen LogP contribution in [0.4, 0.5) is 33.3 Å². The van der Waals surface area contributed by atoms with E-state index in [0.29, 0.717) is 18.0 Å². The zero-order chi connectivity index (χ0) is 28.0.